The summed E-state index contributed by atoms with van der Waals surface area (Å²) >= 11 is 0. The molecule has 0 bridgehead atoms. The third kappa shape index (κ3) is 2.89. The van der Waals surface area contributed by atoms with Crippen LogP contribution in [0.4, 0.5) is 4.79 Å². The first kappa shape index (κ1) is 12.5. The molecule has 2 saturated heterocycles. The summed E-state index contributed by atoms with van der Waals surface area (Å²) in [6.07, 6.45) is 0.890. The Hall–Kier alpha value is -1.55. The van der Waals surface area contributed by atoms with E-state index in [2.05, 4.69) is 0 Å². The second kappa shape index (κ2) is 5.61. The molecule has 0 radical (unpaired) electrons. The van der Waals surface area contributed by atoms with E-state index in [1.54, 1.807) is 0 Å². The molecule has 0 saturated carbocycles. The molecule has 4 heteroatoms. The first-order chi connectivity index (χ1) is 9.33. The summed E-state index contributed by atoms with van der Waals surface area (Å²) in [7, 11) is 0. The van der Waals surface area contributed by atoms with Crippen molar-refractivity contribution in [2.24, 2.45) is 11.8 Å². The SMILES string of the molecule is O=C(OCc1ccccc1)N1CCC(C2COC2)C1. The highest BCUT2D eigenvalue weighted by molar-refractivity contribution is 5.68. The molecule has 2 heterocycles. The van der Waals surface area contributed by atoms with E-state index in [0.29, 0.717) is 18.4 Å². The van der Waals surface area contributed by atoms with E-state index in [0.717, 1.165) is 38.3 Å². The molecule has 2 aliphatic heterocycles. The van der Waals surface area contributed by atoms with Crippen molar-refractivity contribution in [3.8, 4) is 0 Å². The van der Waals surface area contributed by atoms with Crippen molar-refractivity contribution in [1.29, 1.82) is 0 Å². The van der Waals surface area contributed by atoms with Crippen LogP contribution in [0.15, 0.2) is 30.3 Å². The van der Waals surface area contributed by atoms with Gasteiger partial charge in [0.05, 0.1) is 13.2 Å². The molecule has 3 rings (SSSR count). The minimum absolute atomic E-state index is 0.188. The molecule has 102 valence electrons. The molecule has 19 heavy (non-hydrogen) atoms. The molecular formula is C15H19NO3. The summed E-state index contributed by atoms with van der Waals surface area (Å²) in [6.45, 7) is 3.71. The average Bonchev–Trinajstić information content (AvgIpc) is 2.84. The number of hydrogen-bond acceptors (Lipinski definition) is 3. The number of hydrogen-bond donors (Lipinski definition) is 0. The number of nitrogens with zero attached hydrogens (tertiary/aromatic N) is 1. The Morgan fingerprint density at radius 1 is 1.26 bits per heavy atom. The number of carbonyl (C=O) groups is 1. The van der Waals surface area contributed by atoms with Gasteiger partial charge in [-0.1, -0.05) is 30.3 Å². The van der Waals surface area contributed by atoms with Crippen LogP contribution >= 0.6 is 0 Å². The largest absolute Gasteiger partial charge is 0.445 e. The molecule has 1 atom stereocenters. The van der Waals surface area contributed by atoms with Gasteiger partial charge in [0, 0.05) is 19.0 Å². The first-order valence-corrected chi connectivity index (χ1v) is 6.86. The third-order valence-electron chi connectivity index (χ3n) is 4.02. The lowest BCUT2D eigenvalue weighted by molar-refractivity contribution is -0.0582. The number of carbonyl (C=O) groups excluding carboxylic acids is 1. The van der Waals surface area contributed by atoms with Crippen LogP contribution < -0.4 is 0 Å². The van der Waals surface area contributed by atoms with Gasteiger partial charge in [0.1, 0.15) is 6.61 Å². The first-order valence-electron chi connectivity index (χ1n) is 6.86. The van der Waals surface area contributed by atoms with Gasteiger partial charge in [-0.2, -0.15) is 0 Å². The summed E-state index contributed by atoms with van der Waals surface area (Å²) in [4.78, 5) is 13.8. The van der Waals surface area contributed by atoms with Crippen molar-refractivity contribution in [3.63, 3.8) is 0 Å². The van der Waals surface area contributed by atoms with Gasteiger partial charge in [-0.3, -0.25) is 0 Å². The smallest absolute Gasteiger partial charge is 0.410 e. The molecule has 4 nitrogen and oxygen atoms in total. The minimum atomic E-state index is -0.188. The highest BCUT2D eigenvalue weighted by Gasteiger charge is 2.35. The number of benzene rings is 1. The number of ether oxygens (including phenoxy) is 2. The molecule has 2 aliphatic rings. The number of likely N-dealkylation sites (tertiary alicyclic amines) is 1. The van der Waals surface area contributed by atoms with Crippen molar-refractivity contribution >= 4 is 6.09 Å². The monoisotopic (exact) mass is 261 g/mol. The Kier molecular flexibility index (Phi) is 3.69. The van der Waals surface area contributed by atoms with Crippen LogP contribution in [0.25, 0.3) is 0 Å². The lowest BCUT2D eigenvalue weighted by atomic mass is 9.90. The fraction of sp³-hybridized carbons (Fsp3) is 0.533. The van der Waals surface area contributed by atoms with Crippen LogP contribution in [-0.2, 0) is 16.1 Å². The fourth-order valence-electron chi connectivity index (χ4n) is 2.67. The van der Waals surface area contributed by atoms with Gasteiger partial charge in [0.2, 0.25) is 0 Å². The maximum Gasteiger partial charge on any atom is 0.410 e. The number of amides is 1. The highest BCUT2D eigenvalue weighted by Crippen LogP contribution is 2.29. The van der Waals surface area contributed by atoms with E-state index in [1.165, 1.54) is 0 Å². The van der Waals surface area contributed by atoms with Crippen molar-refractivity contribution in [2.45, 2.75) is 13.0 Å². The van der Waals surface area contributed by atoms with Crippen LogP contribution in [0.5, 0.6) is 0 Å². The maximum atomic E-state index is 12.0. The lowest BCUT2D eigenvalue weighted by Gasteiger charge is -2.31. The zero-order valence-corrected chi connectivity index (χ0v) is 11.0. The van der Waals surface area contributed by atoms with E-state index in [9.17, 15) is 4.79 Å². The summed E-state index contributed by atoms with van der Waals surface area (Å²) in [6, 6.07) is 9.78. The van der Waals surface area contributed by atoms with Crippen LogP contribution in [-0.4, -0.2) is 37.3 Å². The van der Waals surface area contributed by atoms with Gasteiger partial charge in [0.25, 0.3) is 0 Å². The second-order valence-corrected chi connectivity index (χ2v) is 5.33. The molecule has 0 N–H and O–H groups in total. The van der Waals surface area contributed by atoms with Gasteiger partial charge in [-0.05, 0) is 17.9 Å². The van der Waals surface area contributed by atoms with E-state index in [1.807, 2.05) is 35.2 Å². The fourth-order valence-corrected chi connectivity index (χ4v) is 2.67. The van der Waals surface area contributed by atoms with Crippen LogP contribution in [0, 0.1) is 11.8 Å². The van der Waals surface area contributed by atoms with Gasteiger partial charge < -0.3 is 14.4 Å². The second-order valence-electron chi connectivity index (χ2n) is 5.33. The Bertz CT molecular complexity index is 430. The van der Waals surface area contributed by atoms with Gasteiger partial charge in [-0.15, -0.1) is 0 Å². The van der Waals surface area contributed by atoms with Crippen molar-refractivity contribution in [2.75, 3.05) is 26.3 Å². The van der Waals surface area contributed by atoms with E-state index >= 15 is 0 Å². The van der Waals surface area contributed by atoms with Gasteiger partial charge >= 0.3 is 6.09 Å². The van der Waals surface area contributed by atoms with Crippen LogP contribution in [0.1, 0.15) is 12.0 Å². The predicted octanol–water partition coefficient (Wildman–Crippen LogP) is 2.29. The Balaban J connectivity index is 1.46. The highest BCUT2D eigenvalue weighted by atomic mass is 16.6. The Morgan fingerprint density at radius 2 is 2.05 bits per heavy atom. The van der Waals surface area contributed by atoms with Gasteiger partial charge in [-0.25, -0.2) is 4.79 Å². The van der Waals surface area contributed by atoms with Crippen LogP contribution in [0.3, 0.4) is 0 Å². The molecule has 2 fully saturated rings. The third-order valence-corrected chi connectivity index (χ3v) is 4.02. The molecule has 1 aromatic carbocycles. The zero-order valence-electron chi connectivity index (χ0n) is 11.0. The number of rotatable bonds is 3. The molecule has 0 aromatic heterocycles. The summed E-state index contributed by atoms with van der Waals surface area (Å²) < 4.78 is 10.6. The summed E-state index contributed by atoms with van der Waals surface area (Å²) in [5, 5.41) is 0. The quantitative estimate of drug-likeness (QED) is 0.838. The van der Waals surface area contributed by atoms with E-state index in [-0.39, 0.29) is 6.09 Å². The Labute approximate surface area is 113 Å². The normalized spacial score (nSPS) is 23.2. The standard InChI is InChI=1S/C15H19NO3/c17-15(19-9-12-4-2-1-3-5-12)16-7-6-13(8-16)14-10-18-11-14/h1-5,13-14H,6-11H2. The zero-order chi connectivity index (χ0) is 13.1. The van der Waals surface area contributed by atoms with E-state index < -0.39 is 0 Å². The lowest BCUT2D eigenvalue weighted by Crippen LogP contribution is -2.37. The molecule has 1 unspecified atom stereocenters. The molecule has 0 aliphatic carbocycles. The summed E-state index contributed by atoms with van der Waals surface area (Å²) in [5.41, 5.74) is 1.03. The molecular weight excluding hydrogens is 242 g/mol. The Morgan fingerprint density at radius 3 is 2.74 bits per heavy atom. The topological polar surface area (TPSA) is 38.8 Å². The van der Waals surface area contributed by atoms with E-state index in [4.69, 9.17) is 9.47 Å². The molecule has 1 aromatic rings. The van der Waals surface area contributed by atoms with Crippen molar-refractivity contribution in [1.82, 2.24) is 4.90 Å². The summed E-state index contributed by atoms with van der Waals surface area (Å²) in [5.74, 6) is 1.24. The molecule has 1 amide bonds. The predicted molar refractivity (Wildman–Crippen MR) is 70.6 cm³/mol. The van der Waals surface area contributed by atoms with Crippen LogP contribution in [0.2, 0.25) is 0 Å². The maximum absolute atomic E-state index is 12.0. The van der Waals surface area contributed by atoms with Crippen molar-refractivity contribution in [3.05, 3.63) is 35.9 Å². The van der Waals surface area contributed by atoms with Crippen molar-refractivity contribution < 1.29 is 14.3 Å². The molecule has 0 spiro atoms. The van der Waals surface area contributed by atoms with Gasteiger partial charge in [0.15, 0.2) is 0 Å². The average molecular weight is 261 g/mol. The minimum Gasteiger partial charge on any atom is -0.445 e.